The van der Waals surface area contributed by atoms with Crippen LogP contribution in [0.1, 0.15) is 24.3 Å². The second kappa shape index (κ2) is 4.67. The summed E-state index contributed by atoms with van der Waals surface area (Å²) in [5, 5.41) is 1.35. The van der Waals surface area contributed by atoms with Crippen LogP contribution in [0.2, 0.25) is 0 Å². The molecular weight excluding hydrogens is 306 g/mol. The molecule has 0 N–H and O–H groups in total. The standard InChI is InChI=1S/C18H11N3O3/c22-17-18(23)21-16-12(19-17)8-11(9-5-6-9)15(20-16)14-7-10-3-1-2-4-13(10)24-14/h1-4,7-9H,5-6H2. The van der Waals surface area contributed by atoms with Crippen molar-refractivity contribution in [2.75, 3.05) is 0 Å². The lowest BCUT2D eigenvalue weighted by Crippen LogP contribution is -2.37. The van der Waals surface area contributed by atoms with Crippen molar-refractivity contribution in [2.24, 2.45) is 9.98 Å². The average molecular weight is 317 g/mol. The molecular formula is C18H11N3O3. The SMILES string of the molecule is O=C1N=c2cc(C3CC3)c(-c3cc4ccccc4o3)nc2=NC1=O. The van der Waals surface area contributed by atoms with Gasteiger partial charge in [0.25, 0.3) is 0 Å². The van der Waals surface area contributed by atoms with Gasteiger partial charge in [-0.15, -0.1) is 0 Å². The minimum Gasteiger partial charge on any atom is -0.454 e. The quantitative estimate of drug-likeness (QED) is 0.673. The minimum atomic E-state index is -0.885. The van der Waals surface area contributed by atoms with Crippen LogP contribution in [-0.4, -0.2) is 16.8 Å². The van der Waals surface area contributed by atoms with Gasteiger partial charge in [-0.25, -0.2) is 9.98 Å². The summed E-state index contributed by atoms with van der Waals surface area (Å²) in [5.74, 6) is -0.707. The van der Waals surface area contributed by atoms with Gasteiger partial charge in [0.1, 0.15) is 16.6 Å². The highest BCUT2D eigenvalue weighted by atomic mass is 16.3. The number of benzene rings is 1. The molecule has 2 aromatic heterocycles. The van der Waals surface area contributed by atoms with E-state index in [0.29, 0.717) is 22.7 Å². The number of hydrogen-bond donors (Lipinski definition) is 0. The Kier molecular flexibility index (Phi) is 2.59. The van der Waals surface area contributed by atoms with E-state index in [2.05, 4.69) is 15.0 Å². The Bertz CT molecular complexity index is 1120. The van der Waals surface area contributed by atoms with Crippen LogP contribution in [0.25, 0.3) is 22.4 Å². The molecule has 1 aliphatic heterocycles. The van der Waals surface area contributed by atoms with E-state index in [9.17, 15) is 9.59 Å². The minimum absolute atomic E-state index is 0.180. The zero-order valence-electron chi connectivity index (χ0n) is 12.5. The Labute approximate surface area is 135 Å². The molecule has 0 atom stereocenters. The van der Waals surface area contributed by atoms with E-state index in [-0.39, 0.29) is 5.49 Å². The second-order valence-corrected chi connectivity index (χ2v) is 6.03. The smallest absolute Gasteiger partial charge is 0.339 e. The molecule has 1 fully saturated rings. The van der Waals surface area contributed by atoms with Gasteiger partial charge < -0.3 is 4.42 Å². The lowest BCUT2D eigenvalue weighted by molar-refractivity contribution is -0.135. The number of hydrogen-bond acceptors (Lipinski definition) is 4. The molecule has 2 amide bonds. The summed E-state index contributed by atoms with van der Waals surface area (Å²) in [5.41, 5.74) is 2.63. The predicted octanol–water partition coefficient (Wildman–Crippen LogP) is 1.68. The van der Waals surface area contributed by atoms with Crippen LogP contribution in [0.5, 0.6) is 0 Å². The topological polar surface area (TPSA) is 84.9 Å². The number of aromatic nitrogens is 1. The number of pyridine rings is 1. The van der Waals surface area contributed by atoms with E-state index in [1.165, 1.54) is 0 Å². The van der Waals surface area contributed by atoms with Crippen LogP contribution in [0.15, 0.2) is 50.8 Å². The molecule has 0 bridgehead atoms. The van der Waals surface area contributed by atoms with Crippen LogP contribution in [0, 0.1) is 0 Å². The molecule has 24 heavy (non-hydrogen) atoms. The molecule has 2 aliphatic rings. The first-order valence-electron chi connectivity index (χ1n) is 7.75. The Balaban J connectivity index is 1.80. The van der Waals surface area contributed by atoms with Gasteiger partial charge in [-0.3, -0.25) is 9.59 Å². The summed E-state index contributed by atoms with van der Waals surface area (Å²) in [6.45, 7) is 0. The van der Waals surface area contributed by atoms with Crippen molar-refractivity contribution < 1.29 is 14.0 Å². The Morgan fingerprint density at radius 2 is 1.79 bits per heavy atom. The largest absolute Gasteiger partial charge is 0.454 e. The van der Waals surface area contributed by atoms with Gasteiger partial charge in [0.15, 0.2) is 11.2 Å². The van der Waals surface area contributed by atoms with Gasteiger partial charge in [0.05, 0.1) is 0 Å². The molecule has 1 saturated carbocycles. The van der Waals surface area contributed by atoms with Gasteiger partial charge in [-0.2, -0.15) is 4.99 Å². The van der Waals surface area contributed by atoms with E-state index >= 15 is 0 Å². The van der Waals surface area contributed by atoms with Crippen LogP contribution < -0.4 is 10.8 Å². The number of para-hydroxylation sites is 1. The van der Waals surface area contributed by atoms with Crippen molar-refractivity contribution in [3.8, 4) is 11.5 Å². The van der Waals surface area contributed by atoms with E-state index in [1.54, 1.807) is 0 Å². The van der Waals surface area contributed by atoms with Crippen LogP contribution >= 0.6 is 0 Å². The summed E-state index contributed by atoms with van der Waals surface area (Å²) in [6.07, 6.45) is 2.13. The van der Waals surface area contributed by atoms with Gasteiger partial charge in [0.2, 0.25) is 0 Å². The summed E-state index contributed by atoms with van der Waals surface area (Å²) in [4.78, 5) is 35.0. The molecule has 0 spiro atoms. The maximum Gasteiger partial charge on any atom is 0.339 e. The van der Waals surface area contributed by atoms with Crippen molar-refractivity contribution in [2.45, 2.75) is 18.8 Å². The fourth-order valence-electron chi connectivity index (χ4n) is 2.98. The zero-order valence-corrected chi connectivity index (χ0v) is 12.5. The lowest BCUT2D eigenvalue weighted by atomic mass is 10.1. The zero-order chi connectivity index (χ0) is 16.3. The molecule has 3 aromatic rings. The van der Waals surface area contributed by atoms with Crippen molar-refractivity contribution in [1.82, 2.24) is 4.98 Å². The molecule has 6 heteroatoms. The monoisotopic (exact) mass is 317 g/mol. The molecule has 1 aromatic carbocycles. The van der Waals surface area contributed by atoms with E-state index in [0.717, 1.165) is 29.4 Å². The van der Waals surface area contributed by atoms with Crippen LogP contribution in [0.4, 0.5) is 0 Å². The van der Waals surface area contributed by atoms with Crippen molar-refractivity contribution in [3.63, 3.8) is 0 Å². The number of carbonyl (C=O) groups excluding carboxylic acids is 2. The molecule has 0 saturated heterocycles. The Morgan fingerprint density at radius 1 is 1.00 bits per heavy atom. The second-order valence-electron chi connectivity index (χ2n) is 6.03. The maximum absolute atomic E-state index is 11.5. The highest BCUT2D eigenvalue weighted by Gasteiger charge is 2.30. The molecule has 116 valence electrons. The van der Waals surface area contributed by atoms with Gasteiger partial charge in [-0.1, -0.05) is 18.2 Å². The molecule has 3 heterocycles. The van der Waals surface area contributed by atoms with Gasteiger partial charge >= 0.3 is 11.8 Å². The number of carbonyl (C=O) groups is 2. The first-order valence-corrected chi connectivity index (χ1v) is 7.75. The molecule has 6 nitrogen and oxygen atoms in total. The molecule has 5 rings (SSSR count). The molecule has 0 unspecified atom stereocenters. The number of fused-ring (bicyclic) bond motifs is 2. The first-order chi connectivity index (χ1) is 11.7. The fourth-order valence-corrected chi connectivity index (χ4v) is 2.98. The highest BCUT2D eigenvalue weighted by molar-refractivity contribution is 6.36. The summed E-state index contributed by atoms with van der Waals surface area (Å²) in [7, 11) is 0. The number of nitrogens with zero attached hydrogens (tertiary/aromatic N) is 3. The van der Waals surface area contributed by atoms with Crippen molar-refractivity contribution >= 4 is 22.8 Å². The number of amides is 2. The van der Waals surface area contributed by atoms with Crippen LogP contribution in [-0.2, 0) is 9.59 Å². The normalized spacial score (nSPS) is 16.7. The number of furan rings is 1. The van der Waals surface area contributed by atoms with Crippen LogP contribution in [0.3, 0.4) is 0 Å². The van der Waals surface area contributed by atoms with Gasteiger partial charge in [0, 0.05) is 5.39 Å². The third kappa shape index (κ3) is 2.00. The third-order valence-corrected chi connectivity index (χ3v) is 4.30. The maximum atomic E-state index is 11.5. The lowest BCUT2D eigenvalue weighted by Gasteiger charge is -2.06. The molecule has 0 radical (unpaired) electrons. The summed E-state index contributed by atoms with van der Waals surface area (Å²) >= 11 is 0. The Hall–Kier alpha value is -3.15. The highest BCUT2D eigenvalue weighted by Crippen LogP contribution is 2.43. The fraction of sp³-hybridized carbons (Fsp3) is 0.167. The van der Waals surface area contributed by atoms with Crippen molar-refractivity contribution in [3.05, 3.63) is 52.8 Å². The van der Waals surface area contributed by atoms with E-state index < -0.39 is 11.8 Å². The third-order valence-electron chi connectivity index (χ3n) is 4.30. The van der Waals surface area contributed by atoms with E-state index in [4.69, 9.17) is 4.42 Å². The predicted molar refractivity (Wildman–Crippen MR) is 83.7 cm³/mol. The number of rotatable bonds is 2. The van der Waals surface area contributed by atoms with Gasteiger partial charge in [-0.05, 0) is 42.5 Å². The molecule has 1 aliphatic carbocycles. The summed E-state index contributed by atoms with van der Waals surface area (Å²) in [6, 6.07) is 11.5. The average Bonchev–Trinajstić information content (AvgIpc) is 3.33. The summed E-state index contributed by atoms with van der Waals surface area (Å²) < 4.78 is 5.93. The Morgan fingerprint density at radius 3 is 2.58 bits per heavy atom. The first kappa shape index (κ1) is 13.3. The van der Waals surface area contributed by atoms with Crippen molar-refractivity contribution in [1.29, 1.82) is 0 Å². The van der Waals surface area contributed by atoms with E-state index in [1.807, 2.05) is 36.4 Å².